The van der Waals surface area contributed by atoms with Gasteiger partial charge < -0.3 is 5.32 Å². The van der Waals surface area contributed by atoms with Gasteiger partial charge in [-0.1, -0.05) is 25.1 Å². The highest BCUT2D eigenvalue weighted by Crippen LogP contribution is 2.23. The van der Waals surface area contributed by atoms with Crippen LogP contribution in [-0.4, -0.2) is 26.0 Å². The number of hydrogen-bond acceptors (Lipinski definition) is 3. The second kappa shape index (κ2) is 4.45. The van der Waals surface area contributed by atoms with Crippen molar-refractivity contribution in [2.45, 2.75) is 25.0 Å². The zero-order chi connectivity index (χ0) is 11.6. The van der Waals surface area contributed by atoms with Crippen LogP contribution in [-0.2, 0) is 16.3 Å². The number of hydrogen-bond donors (Lipinski definition) is 1. The minimum Gasteiger partial charge on any atom is -0.384 e. The van der Waals surface area contributed by atoms with Gasteiger partial charge in [-0.2, -0.15) is 0 Å². The molecule has 0 spiro atoms. The van der Waals surface area contributed by atoms with Crippen molar-refractivity contribution >= 4 is 15.5 Å². The quantitative estimate of drug-likeness (QED) is 0.856. The Bertz CT molecular complexity index is 441. The summed E-state index contributed by atoms with van der Waals surface area (Å²) in [4.78, 5) is 0. The lowest BCUT2D eigenvalue weighted by Crippen LogP contribution is -2.29. The molecule has 0 saturated carbocycles. The number of benzene rings is 1. The van der Waals surface area contributed by atoms with Gasteiger partial charge in [-0.3, -0.25) is 0 Å². The van der Waals surface area contributed by atoms with E-state index in [9.17, 15) is 8.42 Å². The molecule has 0 aliphatic carbocycles. The molecule has 0 aromatic heterocycles. The van der Waals surface area contributed by atoms with Crippen LogP contribution < -0.4 is 5.32 Å². The Morgan fingerprint density at radius 1 is 1.38 bits per heavy atom. The van der Waals surface area contributed by atoms with Gasteiger partial charge in [0.05, 0.1) is 5.25 Å². The summed E-state index contributed by atoms with van der Waals surface area (Å²) in [7, 11) is -2.92. The smallest absolute Gasteiger partial charge is 0.154 e. The van der Waals surface area contributed by atoms with E-state index >= 15 is 0 Å². The van der Waals surface area contributed by atoms with E-state index in [1.165, 1.54) is 5.56 Å². The molecule has 1 aromatic rings. The molecule has 2 rings (SSSR count). The fraction of sp³-hybridized carbons (Fsp3) is 0.500. The van der Waals surface area contributed by atoms with Crippen LogP contribution in [0.3, 0.4) is 0 Å². The minimum atomic E-state index is -2.92. The molecule has 3 nitrogen and oxygen atoms in total. The average molecular weight is 239 g/mol. The lowest BCUT2D eigenvalue weighted by Gasteiger charge is -2.13. The van der Waals surface area contributed by atoms with Crippen LogP contribution in [0.1, 0.15) is 18.9 Å². The van der Waals surface area contributed by atoms with Gasteiger partial charge in [0, 0.05) is 18.0 Å². The van der Waals surface area contributed by atoms with Crippen molar-refractivity contribution in [3.8, 4) is 0 Å². The normalized spacial score (nSPS) is 20.7. The second-order valence-electron chi connectivity index (χ2n) is 4.15. The fourth-order valence-corrected chi connectivity index (χ4v) is 3.38. The predicted octanol–water partition coefficient (Wildman–Crippen LogP) is 1.85. The van der Waals surface area contributed by atoms with Gasteiger partial charge in [-0.05, 0) is 24.5 Å². The summed E-state index contributed by atoms with van der Waals surface area (Å²) in [6.45, 7) is 2.25. The van der Waals surface area contributed by atoms with Crippen LogP contribution in [0.5, 0.6) is 0 Å². The Hall–Kier alpha value is -1.03. The number of rotatable bonds is 2. The maximum atomic E-state index is 11.8. The van der Waals surface area contributed by atoms with Crippen molar-refractivity contribution in [1.82, 2.24) is 0 Å². The van der Waals surface area contributed by atoms with E-state index in [0.717, 1.165) is 18.5 Å². The summed E-state index contributed by atoms with van der Waals surface area (Å²) in [6, 6.07) is 8.04. The van der Waals surface area contributed by atoms with E-state index in [0.29, 0.717) is 6.54 Å². The van der Waals surface area contributed by atoms with Gasteiger partial charge in [-0.15, -0.1) is 0 Å². The monoisotopic (exact) mass is 239 g/mol. The number of fused-ring (bicyclic) bond motifs is 1. The van der Waals surface area contributed by atoms with Crippen molar-refractivity contribution in [3.63, 3.8) is 0 Å². The van der Waals surface area contributed by atoms with Gasteiger partial charge >= 0.3 is 0 Å². The van der Waals surface area contributed by atoms with Gasteiger partial charge in [-0.25, -0.2) is 8.42 Å². The molecule has 4 heteroatoms. The first-order valence-electron chi connectivity index (χ1n) is 5.67. The van der Waals surface area contributed by atoms with Crippen molar-refractivity contribution in [3.05, 3.63) is 29.8 Å². The van der Waals surface area contributed by atoms with E-state index in [1.807, 2.05) is 18.2 Å². The molecule has 1 aliphatic heterocycles. The third kappa shape index (κ3) is 2.21. The maximum absolute atomic E-state index is 11.8. The zero-order valence-electron chi connectivity index (χ0n) is 9.44. The fourth-order valence-electron chi connectivity index (χ4n) is 2.10. The first kappa shape index (κ1) is 11.5. The molecule has 88 valence electrons. The molecule has 0 radical (unpaired) electrons. The van der Waals surface area contributed by atoms with E-state index < -0.39 is 9.84 Å². The molecule has 16 heavy (non-hydrogen) atoms. The van der Waals surface area contributed by atoms with Crippen LogP contribution in [0.25, 0.3) is 0 Å². The largest absolute Gasteiger partial charge is 0.384 e. The molecule has 1 aliphatic rings. The van der Waals surface area contributed by atoms with Gasteiger partial charge in [0.25, 0.3) is 0 Å². The molecule has 1 aromatic carbocycles. The lowest BCUT2D eigenvalue weighted by molar-refractivity contribution is 0.576. The van der Waals surface area contributed by atoms with Gasteiger partial charge in [0.15, 0.2) is 9.84 Å². The van der Waals surface area contributed by atoms with Crippen molar-refractivity contribution in [1.29, 1.82) is 0 Å². The van der Waals surface area contributed by atoms with Crippen molar-refractivity contribution < 1.29 is 8.42 Å². The van der Waals surface area contributed by atoms with Crippen LogP contribution in [0.2, 0.25) is 0 Å². The number of anilines is 1. The summed E-state index contributed by atoms with van der Waals surface area (Å²) >= 11 is 0. The SMILES string of the molecule is CCS(=O)(=O)C1CCc2ccccc2NC1. The topological polar surface area (TPSA) is 46.2 Å². The molecular formula is C12H17NO2S. The number of sulfone groups is 1. The molecule has 0 amide bonds. The third-order valence-corrected chi connectivity index (χ3v) is 5.41. The highest BCUT2D eigenvalue weighted by Gasteiger charge is 2.25. The number of aryl methyl sites for hydroxylation is 1. The third-order valence-electron chi connectivity index (χ3n) is 3.18. The highest BCUT2D eigenvalue weighted by atomic mass is 32.2. The van der Waals surface area contributed by atoms with Crippen LogP contribution in [0.4, 0.5) is 5.69 Å². The molecule has 1 N–H and O–H groups in total. The zero-order valence-corrected chi connectivity index (χ0v) is 10.3. The second-order valence-corrected chi connectivity index (χ2v) is 6.72. The summed E-state index contributed by atoms with van der Waals surface area (Å²) < 4.78 is 23.6. The Kier molecular flexibility index (Phi) is 3.19. The Morgan fingerprint density at radius 2 is 2.12 bits per heavy atom. The average Bonchev–Trinajstić information content (AvgIpc) is 2.51. The van der Waals surface area contributed by atoms with Crippen LogP contribution in [0.15, 0.2) is 24.3 Å². The molecule has 1 atom stereocenters. The summed E-state index contributed by atoms with van der Waals surface area (Å²) in [5.41, 5.74) is 2.30. The van der Waals surface area contributed by atoms with Crippen molar-refractivity contribution in [2.75, 3.05) is 17.6 Å². The van der Waals surface area contributed by atoms with Gasteiger partial charge in [0.1, 0.15) is 0 Å². The first-order valence-corrected chi connectivity index (χ1v) is 7.38. The predicted molar refractivity (Wildman–Crippen MR) is 66.5 cm³/mol. The van der Waals surface area contributed by atoms with E-state index in [4.69, 9.17) is 0 Å². The maximum Gasteiger partial charge on any atom is 0.154 e. The first-order chi connectivity index (χ1) is 7.63. The van der Waals surface area contributed by atoms with E-state index in [2.05, 4.69) is 11.4 Å². The Balaban J connectivity index is 2.20. The molecule has 0 fully saturated rings. The summed E-state index contributed by atoms with van der Waals surface area (Å²) in [5.74, 6) is 0.232. The highest BCUT2D eigenvalue weighted by molar-refractivity contribution is 7.92. The Morgan fingerprint density at radius 3 is 2.88 bits per heavy atom. The molecule has 0 saturated heterocycles. The lowest BCUT2D eigenvalue weighted by atomic mass is 10.1. The number of para-hydroxylation sites is 1. The Labute approximate surface area is 96.8 Å². The van der Waals surface area contributed by atoms with Crippen LogP contribution >= 0.6 is 0 Å². The van der Waals surface area contributed by atoms with E-state index in [-0.39, 0.29) is 11.0 Å². The minimum absolute atomic E-state index is 0.232. The van der Waals surface area contributed by atoms with Crippen LogP contribution in [0, 0.1) is 0 Å². The molecular weight excluding hydrogens is 222 g/mol. The molecule has 1 heterocycles. The number of nitrogens with one attached hydrogen (secondary N) is 1. The summed E-state index contributed by atoms with van der Waals surface area (Å²) in [6.07, 6.45) is 1.56. The van der Waals surface area contributed by atoms with Gasteiger partial charge in [0.2, 0.25) is 0 Å². The molecule has 0 bridgehead atoms. The standard InChI is InChI=1S/C12H17NO2S/c1-2-16(14,15)11-8-7-10-5-3-4-6-12(10)13-9-11/h3-6,11,13H,2,7-9H2,1H3. The summed E-state index contributed by atoms with van der Waals surface area (Å²) in [5, 5.41) is 2.99. The molecule has 1 unspecified atom stereocenters. The van der Waals surface area contributed by atoms with E-state index in [1.54, 1.807) is 6.92 Å². The van der Waals surface area contributed by atoms with Crippen molar-refractivity contribution in [2.24, 2.45) is 0 Å².